The summed E-state index contributed by atoms with van der Waals surface area (Å²) in [6.45, 7) is 16.0. The van der Waals surface area contributed by atoms with Gasteiger partial charge in [0.1, 0.15) is 0 Å². The van der Waals surface area contributed by atoms with Crippen LogP contribution in [0.2, 0.25) is 0 Å². The van der Waals surface area contributed by atoms with Gasteiger partial charge in [-0.05, 0) is 85.5 Å². The SMILES string of the molecule is Cc1c(C)c(C)c(C(=O)OCC(=O)Nc2ccc(C(C)(C)C)cc2)c(C)c1C. The maximum Gasteiger partial charge on any atom is 0.339 e. The second-order valence-corrected chi connectivity index (χ2v) is 8.45. The highest BCUT2D eigenvalue weighted by Crippen LogP contribution is 2.27. The quantitative estimate of drug-likeness (QED) is 0.729. The number of benzene rings is 2. The molecule has 28 heavy (non-hydrogen) atoms. The van der Waals surface area contributed by atoms with Crippen molar-refractivity contribution >= 4 is 17.6 Å². The third-order valence-corrected chi connectivity index (χ3v) is 5.57. The topological polar surface area (TPSA) is 55.4 Å². The van der Waals surface area contributed by atoms with Gasteiger partial charge in [0, 0.05) is 5.69 Å². The van der Waals surface area contributed by atoms with E-state index in [0.717, 1.165) is 22.3 Å². The number of rotatable bonds is 4. The molecule has 0 unspecified atom stereocenters. The highest BCUT2D eigenvalue weighted by molar-refractivity contribution is 5.97. The molecule has 0 radical (unpaired) electrons. The van der Waals surface area contributed by atoms with Gasteiger partial charge in [-0.15, -0.1) is 0 Å². The summed E-state index contributed by atoms with van der Waals surface area (Å²) in [7, 11) is 0. The summed E-state index contributed by atoms with van der Waals surface area (Å²) in [5, 5.41) is 2.77. The summed E-state index contributed by atoms with van der Waals surface area (Å²) in [5.74, 6) is -0.813. The Bertz CT molecular complexity index is 874. The van der Waals surface area contributed by atoms with Crippen molar-refractivity contribution in [3.8, 4) is 0 Å². The molecule has 0 aliphatic rings. The zero-order valence-electron chi connectivity index (χ0n) is 18.2. The van der Waals surface area contributed by atoms with Crippen molar-refractivity contribution in [3.63, 3.8) is 0 Å². The van der Waals surface area contributed by atoms with Crippen molar-refractivity contribution in [3.05, 3.63) is 63.2 Å². The average Bonchev–Trinajstić information content (AvgIpc) is 2.63. The Labute approximate surface area is 168 Å². The van der Waals surface area contributed by atoms with Crippen LogP contribution in [0.1, 0.15) is 64.5 Å². The summed E-state index contributed by atoms with van der Waals surface area (Å²) >= 11 is 0. The van der Waals surface area contributed by atoms with E-state index in [1.807, 2.05) is 52.0 Å². The zero-order chi connectivity index (χ0) is 21.2. The third kappa shape index (κ3) is 4.61. The Kier molecular flexibility index (Phi) is 6.33. The Morgan fingerprint density at radius 1 is 0.821 bits per heavy atom. The van der Waals surface area contributed by atoms with E-state index in [2.05, 4.69) is 33.0 Å². The minimum atomic E-state index is -0.459. The Morgan fingerprint density at radius 2 is 1.29 bits per heavy atom. The predicted molar refractivity (Wildman–Crippen MR) is 114 cm³/mol. The number of amides is 1. The van der Waals surface area contributed by atoms with E-state index in [9.17, 15) is 9.59 Å². The molecule has 0 fully saturated rings. The predicted octanol–water partition coefficient (Wildman–Crippen LogP) is 5.32. The highest BCUT2D eigenvalue weighted by atomic mass is 16.5. The highest BCUT2D eigenvalue weighted by Gasteiger charge is 2.20. The van der Waals surface area contributed by atoms with E-state index in [4.69, 9.17) is 4.74 Å². The van der Waals surface area contributed by atoms with E-state index in [1.54, 1.807) is 0 Å². The van der Waals surface area contributed by atoms with Crippen molar-refractivity contribution in [1.29, 1.82) is 0 Å². The van der Waals surface area contributed by atoms with Crippen molar-refractivity contribution in [2.24, 2.45) is 0 Å². The monoisotopic (exact) mass is 381 g/mol. The number of carbonyl (C=O) groups excluding carboxylic acids is 2. The number of anilines is 1. The second kappa shape index (κ2) is 8.17. The lowest BCUT2D eigenvalue weighted by molar-refractivity contribution is -0.119. The van der Waals surface area contributed by atoms with Gasteiger partial charge in [-0.2, -0.15) is 0 Å². The van der Waals surface area contributed by atoms with Gasteiger partial charge in [-0.25, -0.2) is 4.79 Å². The number of esters is 1. The molecule has 4 heteroatoms. The van der Waals surface area contributed by atoms with Crippen LogP contribution in [0.15, 0.2) is 24.3 Å². The van der Waals surface area contributed by atoms with Crippen LogP contribution in [0.4, 0.5) is 5.69 Å². The fourth-order valence-corrected chi connectivity index (χ4v) is 3.26. The summed E-state index contributed by atoms with van der Waals surface area (Å²) in [6, 6.07) is 7.71. The first-order chi connectivity index (χ1) is 12.9. The standard InChI is InChI=1S/C24H31NO3/c1-14-15(2)17(4)22(18(5)16(14)3)23(27)28-13-21(26)25-20-11-9-19(10-12-20)24(6,7)8/h9-12H,13H2,1-8H3,(H,25,26). The number of hydrogen-bond acceptors (Lipinski definition) is 3. The molecule has 1 N–H and O–H groups in total. The molecule has 2 aromatic carbocycles. The molecule has 0 saturated carbocycles. The van der Waals surface area contributed by atoms with E-state index in [-0.39, 0.29) is 17.9 Å². The van der Waals surface area contributed by atoms with Crippen molar-refractivity contribution in [2.75, 3.05) is 11.9 Å². The smallest absolute Gasteiger partial charge is 0.339 e. The molecule has 0 atom stereocenters. The van der Waals surface area contributed by atoms with E-state index < -0.39 is 5.97 Å². The zero-order valence-corrected chi connectivity index (χ0v) is 18.2. The Morgan fingerprint density at radius 3 is 1.75 bits per heavy atom. The van der Waals surface area contributed by atoms with Crippen molar-refractivity contribution in [2.45, 2.75) is 60.8 Å². The van der Waals surface area contributed by atoms with Crippen LogP contribution in [0, 0.1) is 34.6 Å². The van der Waals surface area contributed by atoms with Gasteiger partial charge in [0.05, 0.1) is 5.56 Å². The number of ether oxygens (including phenoxy) is 1. The minimum absolute atomic E-state index is 0.0537. The van der Waals surface area contributed by atoms with Gasteiger partial charge in [-0.1, -0.05) is 32.9 Å². The molecule has 2 aromatic rings. The molecule has 0 aliphatic heterocycles. The molecule has 0 heterocycles. The van der Waals surface area contributed by atoms with Crippen LogP contribution >= 0.6 is 0 Å². The first kappa shape index (κ1) is 21.7. The van der Waals surface area contributed by atoms with Crippen molar-refractivity contribution in [1.82, 2.24) is 0 Å². The first-order valence-corrected chi connectivity index (χ1v) is 9.58. The van der Waals surface area contributed by atoms with Gasteiger partial charge in [-0.3, -0.25) is 4.79 Å². The van der Waals surface area contributed by atoms with Crippen LogP contribution in [0.5, 0.6) is 0 Å². The molecule has 0 bridgehead atoms. The molecule has 0 spiro atoms. The molecule has 0 aromatic heterocycles. The van der Waals surface area contributed by atoms with Gasteiger partial charge < -0.3 is 10.1 Å². The fourth-order valence-electron chi connectivity index (χ4n) is 3.26. The molecule has 4 nitrogen and oxygen atoms in total. The van der Waals surface area contributed by atoms with Crippen LogP contribution in [0.25, 0.3) is 0 Å². The summed E-state index contributed by atoms with van der Waals surface area (Å²) in [5.41, 5.74) is 7.64. The van der Waals surface area contributed by atoms with Crippen LogP contribution in [-0.4, -0.2) is 18.5 Å². The number of carbonyl (C=O) groups is 2. The molecule has 0 aliphatic carbocycles. The van der Waals surface area contributed by atoms with Crippen LogP contribution in [0.3, 0.4) is 0 Å². The lowest BCUT2D eigenvalue weighted by Crippen LogP contribution is -2.22. The van der Waals surface area contributed by atoms with Crippen molar-refractivity contribution < 1.29 is 14.3 Å². The van der Waals surface area contributed by atoms with Gasteiger partial charge in [0.25, 0.3) is 5.91 Å². The molecular formula is C24H31NO3. The van der Waals surface area contributed by atoms with Gasteiger partial charge in [0.15, 0.2) is 6.61 Å². The summed E-state index contributed by atoms with van der Waals surface area (Å²) < 4.78 is 5.30. The fraction of sp³-hybridized carbons (Fsp3) is 0.417. The summed E-state index contributed by atoms with van der Waals surface area (Å²) in [4.78, 5) is 24.8. The third-order valence-electron chi connectivity index (χ3n) is 5.57. The maximum atomic E-state index is 12.6. The average molecular weight is 382 g/mol. The van der Waals surface area contributed by atoms with Gasteiger partial charge >= 0.3 is 5.97 Å². The van der Waals surface area contributed by atoms with Crippen LogP contribution in [-0.2, 0) is 14.9 Å². The normalized spacial score (nSPS) is 11.3. The Balaban J connectivity index is 2.05. The molecule has 2 rings (SSSR count). The van der Waals surface area contributed by atoms with E-state index in [0.29, 0.717) is 11.3 Å². The largest absolute Gasteiger partial charge is 0.452 e. The second-order valence-electron chi connectivity index (χ2n) is 8.45. The molecule has 150 valence electrons. The Hall–Kier alpha value is -2.62. The van der Waals surface area contributed by atoms with Crippen LogP contribution < -0.4 is 5.32 Å². The van der Waals surface area contributed by atoms with Gasteiger partial charge in [0.2, 0.25) is 0 Å². The number of nitrogens with one attached hydrogen (secondary N) is 1. The number of hydrogen-bond donors (Lipinski definition) is 1. The minimum Gasteiger partial charge on any atom is -0.452 e. The lowest BCUT2D eigenvalue weighted by Gasteiger charge is -2.19. The first-order valence-electron chi connectivity index (χ1n) is 9.58. The van der Waals surface area contributed by atoms with E-state index in [1.165, 1.54) is 11.1 Å². The molecule has 0 saturated heterocycles. The maximum absolute atomic E-state index is 12.6. The molecule has 1 amide bonds. The summed E-state index contributed by atoms with van der Waals surface area (Å²) in [6.07, 6.45) is 0. The van der Waals surface area contributed by atoms with E-state index >= 15 is 0 Å². The molecular weight excluding hydrogens is 350 g/mol. The lowest BCUT2D eigenvalue weighted by atomic mass is 9.87.